The molecule has 24 heavy (non-hydrogen) atoms. The first kappa shape index (κ1) is 16.6. The Labute approximate surface area is 143 Å². The summed E-state index contributed by atoms with van der Waals surface area (Å²) in [5, 5.41) is 3.30. The van der Waals surface area contributed by atoms with E-state index >= 15 is 0 Å². The number of likely N-dealkylation sites (tertiary alicyclic amines) is 1. The van der Waals surface area contributed by atoms with E-state index in [2.05, 4.69) is 40.2 Å². The largest absolute Gasteiger partial charge is 0.368 e. The summed E-state index contributed by atoms with van der Waals surface area (Å²) >= 11 is 0. The number of aromatic nitrogens is 3. The lowest BCUT2D eigenvalue weighted by atomic mass is 9.99. The van der Waals surface area contributed by atoms with E-state index in [1.807, 2.05) is 18.2 Å². The van der Waals surface area contributed by atoms with Crippen LogP contribution in [0.1, 0.15) is 38.1 Å². The molecular formula is C18H27N6+. The molecule has 3 rings (SSSR count). The molecule has 0 atom stereocenters. The minimum absolute atomic E-state index is 0.279. The number of hydrogen-bond acceptors (Lipinski definition) is 5. The molecule has 2 heterocycles. The molecule has 1 aromatic carbocycles. The Bertz CT molecular complexity index is 679. The van der Waals surface area contributed by atoms with Gasteiger partial charge in [-0.15, -0.1) is 0 Å². The Kier molecular flexibility index (Phi) is 5.25. The highest BCUT2D eigenvalue weighted by Gasteiger charge is 2.20. The maximum Gasteiger partial charge on any atom is 0.232 e. The number of aryl methyl sites for hydroxylation is 1. The maximum atomic E-state index is 5.90. The molecule has 6 nitrogen and oxygen atoms in total. The lowest BCUT2D eigenvalue weighted by Gasteiger charge is -2.26. The zero-order valence-electron chi connectivity index (χ0n) is 14.5. The average molecular weight is 327 g/mol. The predicted molar refractivity (Wildman–Crippen MR) is 96.1 cm³/mol. The van der Waals surface area contributed by atoms with E-state index < -0.39 is 0 Å². The Balaban J connectivity index is 1.74. The highest BCUT2D eigenvalue weighted by atomic mass is 15.2. The minimum atomic E-state index is 0.279. The van der Waals surface area contributed by atoms with Crippen LogP contribution in [0.2, 0.25) is 0 Å². The van der Waals surface area contributed by atoms with Crippen LogP contribution in [0.3, 0.4) is 0 Å². The summed E-state index contributed by atoms with van der Waals surface area (Å²) in [5.41, 5.74) is 8.15. The van der Waals surface area contributed by atoms with E-state index in [4.69, 9.17) is 5.73 Å². The van der Waals surface area contributed by atoms with Crippen molar-refractivity contribution in [3.63, 3.8) is 0 Å². The topological polar surface area (TPSA) is 81.2 Å². The fourth-order valence-corrected chi connectivity index (χ4v) is 3.21. The number of hydrogen-bond donors (Lipinski definition) is 3. The molecule has 0 spiro atoms. The Morgan fingerprint density at radius 2 is 1.92 bits per heavy atom. The van der Waals surface area contributed by atoms with E-state index in [0.717, 1.165) is 30.4 Å². The smallest absolute Gasteiger partial charge is 0.232 e. The molecule has 0 unspecified atom stereocenters. The van der Waals surface area contributed by atoms with Crippen LogP contribution in [0.25, 0.3) is 0 Å². The predicted octanol–water partition coefficient (Wildman–Crippen LogP) is 1.57. The van der Waals surface area contributed by atoms with Gasteiger partial charge in [0, 0.05) is 5.69 Å². The molecule has 0 aliphatic carbocycles. The van der Waals surface area contributed by atoms with Crippen molar-refractivity contribution in [3.8, 4) is 0 Å². The van der Waals surface area contributed by atoms with Crippen molar-refractivity contribution in [1.82, 2.24) is 15.0 Å². The molecule has 0 bridgehead atoms. The van der Waals surface area contributed by atoms with Crippen LogP contribution in [-0.2, 0) is 13.0 Å². The summed E-state index contributed by atoms with van der Waals surface area (Å²) in [6.45, 7) is 7.62. The fourth-order valence-electron chi connectivity index (χ4n) is 3.21. The monoisotopic (exact) mass is 327 g/mol. The van der Waals surface area contributed by atoms with Gasteiger partial charge in [0.2, 0.25) is 11.9 Å². The van der Waals surface area contributed by atoms with Gasteiger partial charge in [0.1, 0.15) is 6.54 Å². The van der Waals surface area contributed by atoms with Gasteiger partial charge in [-0.05, 0) is 36.8 Å². The zero-order chi connectivity index (χ0) is 16.9. The van der Waals surface area contributed by atoms with Crippen molar-refractivity contribution in [2.24, 2.45) is 5.92 Å². The molecule has 6 heteroatoms. The highest BCUT2D eigenvalue weighted by Crippen LogP contribution is 2.19. The number of nitrogen functional groups attached to an aromatic ring is 1. The molecule has 128 valence electrons. The molecule has 2 aromatic rings. The van der Waals surface area contributed by atoms with E-state index in [0.29, 0.717) is 5.95 Å². The van der Waals surface area contributed by atoms with E-state index in [1.54, 1.807) is 0 Å². The molecule has 0 saturated carbocycles. The molecule has 0 radical (unpaired) electrons. The van der Waals surface area contributed by atoms with Gasteiger partial charge in [0.05, 0.1) is 13.1 Å². The first-order chi connectivity index (χ1) is 11.6. The van der Waals surface area contributed by atoms with Crippen molar-refractivity contribution < 1.29 is 4.90 Å². The number of nitrogens with zero attached hydrogens (tertiary/aromatic N) is 3. The second kappa shape index (κ2) is 7.57. The molecule has 1 aliphatic heterocycles. The van der Waals surface area contributed by atoms with Crippen LogP contribution in [0.5, 0.6) is 0 Å². The lowest BCUT2D eigenvalue weighted by molar-refractivity contribution is -0.920. The fraction of sp³-hybridized carbons (Fsp3) is 0.500. The van der Waals surface area contributed by atoms with Crippen molar-refractivity contribution >= 4 is 17.6 Å². The first-order valence-corrected chi connectivity index (χ1v) is 8.83. The van der Waals surface area contributed by atoms with Gasteiger partial charge >= 0.3 is 0 Å². The third-order valence-electron chi connectivity index (χ3n) is 4.73. The summed E-state index contributed by atoms with van der Waals surface area (Å²) in [7, 11) is 0. The summed E-state index contributed by atoms with van der Waals surface area (Å²) in [5.74, 6) is 2.41. The molecule has 1 aromatic heterocycles. The number of nitrogens with two attached hydrogens (primary N) is 1. The second-order valence-corrected chi connectivity index (χ2v) is 6.68. The maximum absolute atomic E-state index is 5.90. The summed E-state index contributed by atoms with van der Waals surface area (Å²) in [6.07, 6.45) is 3.49. The van der Waals surface area contributed by atoms with Crippen LogP contribution in [0.15, 0.2) is 24.3 Å². The average Bonchev–Trinajstić information content (AvgIpc) is 2.57. The third kappa shape index (κ3) is 4.20. The molecular weight excluding hydrogens is 300 g/mol. The van der Waals surface area contributed by atoms with E-state index in [9.17, 15) is 0 Å². The number of quaternary nitrogens is 1. The van der Waals surface area contributed by atoms with E-state index in [-0.39, 0.29) is 5.95 Å². The van der Waals surface area contributed by atoms with E-state index in [1.165, 1.54) is 36.4 Å². The van der Waals surface area contributed by atoms with Gasteiger partial charge in [-0.2, -0.15) is 15.0 Å². The van der Waals surface area contributed by atoms with Crippen LogP contribution in [0, 0.1) is 5.92 Å². The van der Waals surface area contributed by atoms with Crippen molar-refractivity contribution in [1.29, 1.82) is 0 Å². The number of para-hydroxylation sites is 1. The lowest BCUT2D eigenvalue weighted by Crippen LogP contribution is -3.11. The number of anilines is 3. The van der Waals surface area contributed by atoms with Crippen LogP contribution in [-0.4, -0.2) is 28.0 Å². The zero-order valence-corrected chi connectivity index (χ0v) is 14.5. The van der Waals surface area contributed by atoms with Gasteiger partial charge in [-0.3, -0.25) is 0 Å². The molecule has 0 amide bonds. The Morgan fingerprint density at radius 1 is 1.17 bits per heavy atom. The summed E-state index contributed by atoms with van der Waals surface area (Å²) in [4.78, 5) is 14.7. The van der Waals surface area contributed by atoms with Crippen molar-refractivity contribution in [2.75, 3.05) is 24.1 Å². The highest BCUT2D eigenvalue weighted by molar-refractivity contribution is 5.58. The van der Waals surface area contributed by atoms with Gasteiger partial charge in [0.15, 0.2) is 5.82 Å². The molecule has 1 aliphatic rings. The summed E-state index contributed by atoms with van der Waals surface area (Å²) in [6, 6.07) is 8.19. The number of benzene rings is 1. The van der Waals surface area contributed by atoms with Crippen LogP contribution < -0.4 is 16.0 Å². The molecule has 4 N–H and O–H groups in total. The van der Waals surface area contributed by atoms with Gasteiger partial charge < -0.3 is 16.0 Å². The van der Waals surface area contributed by atoms with Crippen molar-refractivity contribution in [2.45, 2.75) is 39.7 Å². The second-order valence-electron chi connectivity index (χ2n) is 6.68. The normalized spacial score (nSPS) is 20.8. The summed E-state index contributed by atoms with van der Waals surface area (Å²) < 4.78 is 0. The minimum Gasteiger partial charge on any atom is -0.368 e. The Hall–Kier alpha value is -2.21. The third-order valence-corrected chi connectivity index (χ3v) is 4.73. The standard InChI is InChI=1S/C18H26N6/c1-3-14-6-4-5-7-15(14)20-18-22-16(21-17(19)23-18)12-24-10-8-13(2)9-11-24/h4-7,13H,3,8-12H2,1-2H3,(H3,19,20,21,22,23)/p+1. The molecule has 1 fully saturated rings. The van der Waals surface area contributed by atoms with Gasteiger partial charge in [0.25, 0.3) is 0 Å². The van der Waals surface area contributed by atoms with Gasteiger partial charge in [-0.25, -0.2) is 0 Å². The number of nitrogens with one attached hydrogen (secondary N) is 2. The van der Waals surface area contributed by atoms with Gasteiger partial charge in [-0.1, -0.05) is 32.0 Å². The first-order valence-electron chi connectivity index (χ1n) is 8.83. The number of rotatable bonds is 5. The Morgan fingerprint density at radius 3 is 2.67 bits per heavy atom. The number of piperidine rings is 1. The van der Waals surface area contributed by atoms with Crippen LogP contribution in [0.4, 0.5) is 17.6 Å². The quantitative estimate of drug-likeness (QED) is 0.777. The SMILES string of the molecule is CCc1ccccc1Nc1nc(N)nc(C[NH+]2CCC(C)CC2)n1. The van der Waals surface area contributed by atoms with Crippen molar-refractivity contribution in [3.05, 3.63) is 35.7 Å². The molecule has 1 saturated heterocycles. The van der Waals surface area contributed by atoms with Crippen LogP contribution >= 0.6 is 0 Å².